The highest BCUT2D eigenvalue weighted by molar-refractivity contribution is 6.05. The Morgan fingerprint density at radius 3 is 2.26 bits per heavy atom. The number of amides is 1. The van der Waals surface area contributed by atoms with E-state index in [1.807, 2.05) is 36.4 Å². The first-order valence-electron chi connectivity index (χ1n) is 11.1. The molecule has 0 spiro atoms. The first kappa shape index (κ1) is 22.2. The molecule has 3 aromatic carbocycles. The molecule has 2 heterocycles. The SMILES string of the molecule is Cc1nc2nc(N(Cc3ccc(F)cc3)C(=O)c3ccccc3)[nH]n2c(=O)c1Cc1ccccc1. The first-order chi connectivity index (χ1) is 17.0. The lowest BCUT2D eigenvalue weighted by Crippen LogP contribution is -2.31. The molecule has 1 N–H and O–H groups in total. The zero-order valence-corrected chi connectivity index (χ0v) is 19.0. The van der Waals surface area contributed by atoms with Crippen molar-refractivity contribution < 1.29 is 9.18 Å². The number of aryl methyl sites for hydroxylation is 1. The van der Waals surface area contributed by atoms with Gasteiger partial charge in [0.1, 0.15) is 5.82 Å². The van der Waals surface area contributed by atoms with Gasteiger partial charge in [-0.1, -0.05) is 60.7 Å². The largest absolute Gasteiger partial charge is 0.277 e. The smallest absolute Gasteiger partial charge is 0.272 e. The van der Waals surface area contributed by atoms with Crippen molar-refractivity contribution in [1.82, 2.24) is 19.6 Å². The maximum Gasteiger partial charge on any atom is 0.277 e. The van der Waals surface area contributed by atoms with E-state index in [0.29, 0.717) is 28.8 Å². The molecule has 5 aromatic rings. The number of benzene rings is 3. The summed E-state index contributed by atoms with van der Waals surface area (Å²) in [4.78, 5) is 37.2. The van der Waals surface area contributed by atoms with Gasteiger partial charge in [0.2, 0.25) is 5.95 Å². The summed E-state index contributed by atoms with van der Waals surface area (Å²) < 4.78 is 14.7. The Kier molecular flexibility index (Phi) is 5.93. The van der Waals surface area contributed by atoms with Crippen molar-refractivity contribution in [1.29, 1.82) is 0 Å². The lowest BCUT2D eigenvalue weighted by molar-refractivity contribution is 0.0983. The third-order valence-corrected chi connectivity index (χ3v) is 5.78. The molecule has 1 amide bonds. The zero-order valence-electron chi connectivity index (χ0n) is 19.0. The Morgan fingerprint density at radius 2 is 1.57 bits per heavy atom. The minimum absolute atomic E-state index is 0.123. The summed E-state index contributed by atoms with van der Waals surface area (Å²) in [5, 5.41) is 2.96. The van der Waals surface area contributed by atoms with Crippen molar-refractivity contribution in [2.24, 2.45) is 0 Å². The fourth-order valence-electron chi connectivity index (χ4n) is 3.92. The van der Waals surface area contributed by atoms with E-state index in [4.69, 9.17) is 0 Å². The van der Waals surface area contributed by atoms with Gasteiger partial charge in [-0.15, -0.1) is 0 Å². The molecule has 2 aromatic heterocycles. The monoisotopic (exact) mass is 467 g/mol. The third-order valence-electron chi connectivity index (χ3n) is 5.78. The van der Waals surface area contributed by atoms with Crippen molar-refractivity contribution in [3.63, 3.8) is 0 Å². The molecule has 0 saturated carbocycles. The Hall–Kier alpha value is -4.59. The molecule has 0 aliphatic heterocycles. The molecule has 0 atom stereocenters. The van der Waals surface area contributed by atoms with Crippen LogP contribution in [-0.4, -0.2) is 25.5 Å². The minimum atomic E-state index is -0.365. The number of rotatable bonds is 6. The summed E-state index contributed by atoms with van der Waals surface area (Å²) in [6, 6.07) is 24.3. The van der Waals surface area contributed by atoms with Gasteiger partial charge >= 0.3 is 0 Å². The number of hydrogen-bond acceptors (Lipinski definition) is 4. The Morgan fingerprint density at radius 1 is 0.914 bits per heavy atom. The lowest BCUT2D eigenvalue weighted by atomic mass is 10.1. The van der Waals surface area contributed by atoms with Gasteiger partial charge in [-0.3, -0.25) is 19.6 Å². The number of fused-ring (bicyclic) bond motifs is 1. The lowest BCUT2D eigenvalue weighted by Gasteiger charge is -2.20. The number of carbonyl (C=O) groups excluding carboxylic acids is 1. The third kappa shape index (κ3) is 4.59. The van der Waals surface area contributed by atoms with Crippen LogP contribution in [0, 0.1) is 12.7 Å². The maximum absolute atomic E-state index is 13.4. The highest BCUT2D eigenvalue weighted by atomic mass is 19.1. The van der Waals surface area contributed by atoms with Crippen molar-refractivity contribution in [2.45, 2.75) is 19.9 Å². The van der Waals surface area contributed by atoms with Crippen molar-refractivity contribution >= 4 is 17.6 Å². The Labute approximate surface area is 200 Å². The van der Waals surface area contributed by atoms with Crippen LogP contribution >= 0.6 is 0 Å². The number of nitrogens with one attached hydrogen (secondary N) is 1. The fraction of sp³-hybridized carbons (Fsp3) is 0.111. The van der Waals surface area contributed by atoms with Gasteiger partial charge in [-0.2, -0.15) is 9.50 Å². The molecule has 8 heteroatoms. The summed E-state index contributed by atoms with van der Waals surface area (Å²) in [5.74, 6) is -0.341. The fourth-order valence-corrected chi connectivity index (χ4v) is 3.92. The van der Waals surface area contributed by atoms with E-state index in [2.05, 4.69) is 15.1 Å². The van der Waals surface area contributed by atoms with Gasteiger partial charge in [0.05, 0.1) is 12.2 Å². The van der Waals surface area contributed by atoms with Crippen LogP contribution < -0.4 is 10.5 Å². The summed E-state index contributed by atoms with van der Waals surface area (Å²) >= 11 is 0. The van der Waals surface area contributed by atoms with E-state index in [-0.39, 0.29) is 35.6 Å². The van der Waals surface area contributed by atoms with Crippen molar-refractivity contribution in [3.05, 3.63) is 129 Å². The van der Waals surface area contributed by atoms with E-state index >= 15 is 0 Å². The average molecular weight is 468 g/mol. The van der Waals surface area contributed by atoms with E-state index in [9.17, 15) is 14.0 Å². The van der Waals surface area contributed by atoms with Crippen LogP contribution in [0.15, 0.2) is 89.7 Å². The number of hydrogen-bond donors (Lipinski definition) is 1. The standard InChI is InChI=1S/C27H22FN5O2/c1-18-23(16-19-8-4-2-5-9-19)25(35)33-26(29-18)30-27(31-33)32(17-20-12-14-22(28)15-13-20)24(34)21-10-6-3-7-11-21/h2-15H,16-17H2,1H3,(H,29,30,31). The quantitative estimate of drug-likeness (QED) is 0.404. The van der Waals surface area contributed by atoms with Crippen LogP contribution in [0.2, 0.25) is 0 Å². The van der Waals surface area contributed by atoms with Crippen LogP contribution in [-0.2, 0) is 13.0 Å². The number of anilines is 1. The second-order valence-electron chi connectivity index (χ2n) is 8.21. The summed E-state index contributed by atoms with van der Waals surface area (Å²) in [6.45, 7) is 1.90. The number of carbonyl (C=O) groups is 1. The average Bonchev–Trinajstić information content (AvgIpc) is 3.31. The molecule has 0 radical (unpaired) electrons. The van der Waals surface area contributed by atoms with Crippen molar-refractivity contribution in [3.8, 4) is 0 Å². The maximum atomic E-state index is 13.4. The molecule has 7 nitrogen and oxygen atoms in total. The van der Waals surface area contributed by atoms with Gasteiger partial charge in [-0.05, 0) is 42.3 Å². The van der Waals surface area contributed by atoms with Gasteiger partial charge in [-0.25, -0.2) is 9.37 Å². The molecule has 35 heavy (non-hydrogen) atoms. The van der Waals surface area contributed by atoms with E-state index in [1.165, 1.54) is 21.5 Å². The number of H-pyrrole nitrogens is 1. The molecule has 5 rings (SSSR count). The van der Waals surface area contributed by atoms with Gasteiger partial charge < -0.3 is 0 Å². The van der Waals surface area contributed by atoms with Crippen LogP contribution in [0.5, 0.6) is 0 Å². The van der Waals surface area contributed by atoms with Gasteiger partial charge in [0.15, 0.2) is 0 Å². The number of aromatic amines is 1. The molecule has 0 fully saturated rings. The van der Waals surface area contributed by atoms with Crippen molar-refractivity contribution in [2.75, 3.05) is 4.90 Å². The molecule has 0 saturated heterocycles. The Balaban J connectivity index is 1.58. The van der Waals surface area contributed by atoms with Gasteiger partial charge in [0.25, 0.3) is 17.2 Å². The van der Waals surface area contributed by atoms with Gasteiger partial charge in [0, 0.05) is 17.5 Å². The summed E-state index contributed by atoms with van der Waals surface area (Å²) in [7, 11) is 0. The number of aromatic nitrogens is 4. The zero-order chi connectivity index (χ0) is 24.4. The normalized spacial score (nSPS) is 11.0. The molecule has 0 aliphatic carbocycles. The molecule has 174 valence electrons. The second-order valence-corrected chi connectivity index (χ2v) is 8.21. The molecular formula is C27H22FN5O2. The molecule has 0 bridgehead atoms. The highest BCUT2D eigenvalue weighted by Gasteiger charge is 2.23. The predicted molar refractivity (Wildman–Crippen MR) is 131 cm³/mol. The molecule has 0 aliphatic rings. The minimum Gasteiger partial charge on any atom is -0.272 e. The Bertz CT molecular complexity index is 1540. The predicted octanol–water partition coefficient (Wildman–Crippen LogP) is 4.30. The van der Waals surface area contributed by atoms with Crippen LogP contribution in [0.4, 0.5) is 10.3 Å². The summed E-state index contributed by atoms with van der Waals surface area (Å²) in [5.41, 5.74) is 3.00. The summed E-state index contributed by atoms with van der Waals surface area (Å²) in [6.07, 6.45) is 0.429. The molecular weight excluding hydrogens is 445 g/mol. The van der Waals surface area contributed by atoms with Crippen LogP contribution in [0.3, 0.4) is 0 Å². The highest BCUT2D eigenvalue weighted by Crippen LogP contribution is 2.18. The first-order valence-corrected chi connectivity index (χ1v) is 11.1. The van der Waals surface area contributed by atoms with E-state index < -0.39 is 0 Å². The molecule has 0 unspecified atom stereocenters. The van der Waals surface area contributed by atoms with E-state index in [0.717, 1.165) is 5.56 Å². The van der Waals surface area contributed by atoms with Crippen LogP contribution in [0.1, 0.15) is 32.7 Å². The van der Waals surface area contributed by atoms with Crippen LogP contribution in [0.25, 0.3) is 5.78 Å². The number of halogens is 1. The number of nitrogens with zero attached hydrogens (tertiary/aromatic N) is 4. The second kappa shape index (κ2) is 9.34. The van der Waals surface area contributed by atoms with E-state index in [1.54, 1.807) is 43.3 Å². The topological polar surface area (TPSA) is 83.4 Å².